The van der Waals surface area contributed by atoms with Crippen LogP contribution < -0.4 is 10.6 Å². The van der Waals surface area contributed by atoms with Crippen LogP contribution in [0, 0.1) is 6.92 Å². The molecule has 2 amide bonds. The van der Waals surface area contributed by atoms with E-state index in [4.69, 9.17) is 0 Å². The number of benzene rings is 2. The first-order chi connectivity index (χ1) is 10.0. The summed E-state index contributed by atoms with van der Waals surface area (Å²) < 4.78 is 1.00. The molecule has 2 N–H and O–H groups in total. The molecule has 106 valence electrons. The van der Waals surface area contributed by atoms with Gasteiger partial charge in [0.2, 0.25) is 5.91 Å². The number of nitrogens with one attached hydrogen (secondary N) is 2. The maximum Gasteiger partial charge on any atom is 0.255 e. The van der Waals surface area contributed by atoms with Crippen LogP contribution in [0.1, 0.15) is 21.5 Å². The van der Waals surface area contributed by atoms with Crippen LogP contribution in [0.2, 0.25) is 0 Å². The van der Waals surface area contributed by atoms with E-state index in [9.17, 15) is 9.59 Å². The van der Waals surface area contributed by atoms with Crippen LogP contribution in [0.25, 0.3) is 0 Å². The van der Waals surface area contributed by atoms with E-state index in [-0.39, 0.29) is 11.8 Å². The van der Waals surface area contributed by atoms with Gasteiger partial charge in [0.15, 0.2) is 0 Å². The van der Waals surface area contributed by atoms with E-state index in [1.54, 1.807) is 18.2 Å². The van der Waals surface area contributed by atoms with Gasteiger partial charge in [-0.15, -0.1) is 0 Å². The van der Waals surface area contributed by atoms with Crippen molar-refractivity contribution in [1.29, 1.82) is 0 Å². The van der Waals surface area contributed by atoms with E-state index in [1.807, 2.05) is 25.1 Å². The van der Waals surface area contributed by atoms with E-state index in [0.717, 1.165) is 27.0 Å². The molecule has 0 aliphatic carbocycles. The Hall–Kier alpha value is -2.14. The quantitative estimate of drug-likeness (QED) is 0.875. The van der Waals surface area contributed by atoms with Gasteiger partial charge in [0, 0.05) is 21.4 Å². The van der Waals surface area contributed by atoms with Crippen molar-refractivity contribution in [2.45, 2.75) is 13.3 Å². The second-order valence-electron chi connectivity index (χ2n) is 5.01. The average Bonchev–Trinajstić information content (AvgIpc) is 2.82. The first-order valence-electron chi connectivity index (χ1n) is 6.53. The lowest BCUT2D eigenvalue weighted by atomic mass is 10.1. The van der Waals surface area contributed by atoms with Crippen LogP contribution >= 0.6 is 15.9 Å². The molecule has 0 saturated carbocycles. The van der Waals surface area contributed by atoms with E-state index < -0.39 is 0 Å². The largest absolute Gasteiger partial charge is 0.326 e. The zero-order valence-electron chi connectivity index (χ0n) is 11.4. The highest BCUT2D eigenvalue weighted by Gasteiger charge is 2.19. The van der Waals surface area contributed by atoms with Gasteiger partial charge >= 0.3 is 0 Å². The lowest BCUT2D eigenvalue weighted by molar-refractivity contribution is -0.115. The van der Waals surface area contributed by atoms with Crippen molar-refractivity contribution in [3.05, 3.63) is 57.6 Å². The van der Waals surface area contributed by atoms with E-state index in [0.29, 0.717) is 12.0 Å². The molecule has 21 heavy (non-hydrogen) atoms. The minimum absolute atomic E-state index is 0.0360. The van der Waals surface area contributed by atoms with Crippen molar-refractivity contribution in [1.82, 2.24) is 0 Å². The van der Waals surface area contributed by atoms with Crippen molar-refractivity contribution in [2.24, 2.45) is 0 Å². The molecule has 2 aromatic rings. The lowest BCUT2D eigenvalue weighted by Gasteiger charge is -2.08. The molecule has 0 unspecified atom stereocenters. The number of hydrogen-bond acceptors (Lipinski definition) is 2. The highest BCUT2D eigenvalue weighted by atomic mass is 79.9. The molecule has 0 radical (unpaired) electrons. The fraction of sp³-hybridized carbons (Fsp3) is 0.125. The van der Waals surface area contributed by atoms with Gasteiger partial charge in [0.05, 0.1) is 6.42 Å². The molecule has 1 aliphatic rings. The van der Waals surface area contributed by atoms with Gasteiger partial charge in [0.1, 0.15) is 0 Å². The second kappa shape index (κ2) is 5.33. The molecule has 2 aromatic carbocycles. The number of rotatable bonds is 2. The summed E-state index contributed by atoms with van der Waals surface area (Å²) >= 11 is 3.43. The monoisotopic (exact) mass is 344 g/mol. The first kappa shape index (κ1) is 13.8. The number of halogens is 1. The number of amides is 2. The summed E-state index contributed by atoms with van der Waals surface area (Å²) in [5.74, 6) is -0.218. The maximum absolute atomic E-state index is 12.3. The normalized spacial score (nSPS) is 12.8. The highest BCUT2D eigenvalue weighted by molar-refractivity contribution is 9.10. The van der Waals surface area contributed by atoms with Gasteiger partial charge in [0.25, 0.3) is 5.91 Å². The topological polar surface area (TPSA) is 58.2 Å². The predicted octanol–water partition coefficient (Wildman–Crippen LogP) is 3.50. The molecule has 1 aliphatic heterocycles. The summed E-state index contributed by atoms with van der Waals surface area (Å²) in [6, 6.07) is 10.9. The van der Waals surface area contributed by atoms with Crippen molar-refractivity contribution in [3.63, 3.8) is 0 Å². The Morgan fingerprint density at radius 2 is 2.05 bits per heavy atom. The lowest BCUT2D eigenvalue weighted by Crippen LogP contribution is -2.12. The molecule has 0 aromatic heterocycles. The second-order valence-corrected chi connectivity index (χ2v) is 5.87. The molecule has 0 saturated heterocycles. The highest BCUT2D eigenvalue weighted by Crippen LogP contribution is 2.25. The predicted molar refractivity (Wildman–Crippen MR) is 85.6 cm³/mol. The van der Waals surface area contributed by atoms with Crippen LogP contribution in [-0.2, 0) is 11.2 Å². The molecule has 1 heterocycles. The van der Waals surface area contributed by atoms with Crippen molar-refractivity contribution in [2.75, 3.05) is 10.6 Å². The standard InChI is InChI=1S/C16H13BrN2O2/c1-9-6-12(3-4-13(9)17)18-16(21)10-2-5-14-11(7-10)8-15(20)19-14/h2-7H,8H2,1H3,(H,18,21)(H,19,20). The zero-order valence-corrected chi connectivity index (χ0v) is 13.0. The summed E-state index contributed by atoms with van der Waals surface area (Å²) in [7, 11) is 0. The number of fused-ring (bicyclic) bond motifs is 1. The molecule has 5 heteroatoms. The Morgan fingerprint density at radius 3 is 2.81 bits per heavy atom. The van der Waals surface area contributed by atoms with Gasteiger partial charge in [-0.3, -0.25) is 9.59 Å². The van der Waals surface area contributed by atoms with Gasteiger partial charge in [-0.1, -0.05) is 15.9 Å². The Kier molecular flexibility index (Phi) is 3.51. The first-order valence-corrected chi connectivity index (χ1v) is 7.32. The zero-order chi connectivity index (χ0) is 15.0. The summed E-state index contributed by atoms with van der Waals surface area (Å²) in [6.45, 7) is 1.96. The summed E-state index contributed by atoms with van der Waals surface area (Å²) in [4.78, 5) is 23.6. The summed E-state index contributed by atoms with van der Waals surface area (Å²) in [5, 5.41) is 5.61. The van der Waals surface area contributed by atoms with Crippen LogP contribution in [0.5, 0.6) is 0 Å². The molecule has 4 nitrogen and oxygen atoms in total. The molecule has 0 atom stereocenters. The van der Waals surface area contributed by atoms with Crippen LogP contribution in [0.4, 0.5) is 11.4 Å². The van der Waals surface area contributed by atoms with Crippen LogP contribution in [0.15, 0.2) is 40.9 Å². The minimum Gasteiger partial charge on any atom is -0.326 e. The van der Waals surface area contributed by atoms with Crippen molar-refractivity contribution >= 4 is 39.1 Å². The Bertz CT molecular complexity index is 756. The van der Waals surface area contributed by atoms with Gasteiger partial charge in [-0.25, -0.2) is 0 Å². The minimum atomic E-state index is -0.182. The van der Waals surface area contributed by atoms with E-state index in [1.165, 1.54) is 0 Å². The number of aryl methyl sites for hydroxylation is 1. The van der Waals surface area contributed by atoms with Crippen molar-refractivity contribution < 1.29 is 9.59 Å². The van der Waals surface area contributed by atoms with Gasteiger partial charge in [-0.2, -0.15) is 0 Å². The summed E-state index contributed by atoms with van der Waals surface area (Å²) in [6.07, 6.45) is 0.327. The number of anilines is 2. The Labute approximate surface area is 130 Å². The molecule has 3 rings (SSSR count). The molecule has 0 fully saturated rings. The van der Waals surface area contributed by atoms with Crippen LogP contribution in [0.3, 0.4) is 0 Å². The fourth-order valence-electron chi connectivity index (χ4n) is 2.30. The van der Waals surface area contributed by atoms with Crippen molar-refractivity contribution in [3.8, 4) is 0 Å². The smallest absolute Gasteiger partial charge is 0.255 e. The number of carbonyl (C=O) groups is 2. The third-order valence-electron chi connectivity index (χ3n) is 3.41. The molecule has 0 spiro atoms. The molecule has 0 bridgehead atoms. The van der Waals surface area contributed by atoms with E-state index >= 15 is 0 Å². The number of carbonyl (C=O) groups excluding carboxylic acids is 2. The fourth-order valence-corrected chi connectivity index (χ4v) is 2.54. The average molecular weight is 345 g/mol. The molecular formula is C16H13BrN2O2. The van der Waals surface area contributed by atoms with Crippen LogP contribution in [-0.4, -0.2) is 11.8 Å². The van der Waals surface area contributed by atoms with Gasteiger partial charge in [-0.05, 0) is 54.4 Å². The maximum atomic E-state index is 12.3. The Morgan fingerprint density at radius 1 is 1.24 bits per heavy atom. The number of hydrogen-bond donors (Lipinski definition) is 2. The summed E-state index contributed by atoms with van der Waals surface area (Å²) in [5.41, 5.74) is 3.99. The molecular weight excluding hydrogens is 332 g/mol. The third kappa shape index (κ3) is 2.83. The third-order valence-corrected chi connectivity index (χ3v) is 4.30. The van der Waals surface area contributed by atoms with E-state index in [2.05, 4.69) is 26.6 Å². The Balaban J connectivity index is 1.81. The van der Waals surface area contributed by atoms with Gasteiger partial charge < -0.3 is 10.6 Å². The SMILES string of the molecule is Cc1cc(NC(=O)c2ccc3c(c2)CC(=O)N3)ccc1Br.